The average molecular weight is 497 g/mol. The summed E-state index contributed by atoms with van der Waals surface area (Å²) in [4.78, 5) is 19.4. The van der Waals surface area contributed by atoms with Crippen LogP contribution in [0, 0.1) is 58.2 Å². The molecule has 2 N–H and O–H groups in total. The minimum absolute atomic E-state index is 0.0844. The van der Waals surface area contributed by atoms with Gasteiger partial charge in [-0.15, -0.1) is 0 Å². The Morgan fingerprint density at radius 1 is 0.941 bits per heavy atom. The topological polar surface area (TPSA) is 66.8 Å². The van der Waals surface area contributed by atoms with Crippen molar-refractivity contribution >= 4 is 7.82 Å². The molecule has 0 spiro atoms. The zero-order chi connectivity index (χ0) is 24.9. The fraction of sp³-hybridized carbons (Fsp3) is 1.00. The SMILES string of the molecule is CC[C@H](CC[C@@H](C)[C@H]1CC[C@H]2[C@H]3CCC4CCCC(OP(=O)(O)O)[C@]4(C)[C@H]3CC[C@]12C)C(C)C. The maximum absolute atomic E-state index is 11.9. The van der Waals surface area contributed by atoms with Crippen LogP contribution in [0.3, 0.4) is 0 Å². The molecule has 4 aliphatic carbocycles. The maximum atomic E-state index is 11.9. The summed E-state index contributed by atoms with van der Waals surface area (Å²) in [6, 6.07) is 0. The predicted octanol–water partition coefficient (Wildman–Crippen LogP) is 8.22. The van der Waals surface area contributed by atoms with E-state index >= 15 is 0 Å². The second-order valence-corrected chi connectivity index (χ2v) is 14.9. The molecule has 0 aromatic carbocycles. The molecular formula is C29H53O4P. The van der Waals surface area contributed by atoms with E-state index in [-0.39, 0.29) is 11.5 Å². The van der Waals surface area contributed by atoms with Crippen LogP contribution in [0.25, 0.3) is 0 Å². The Balaban J connectivity index is 1.51. The van der Waals surface area contributed by atoms with Crippen LogP contribution in [0.2, 0.25) is 0 Å². The van der Waals surface area contributed by atoms with Crippen molar-refractivity contribution in [3.8, 4) is 0 Å². The highest BCUT2D eigenvalue weighted by molar-refractivity contribution is 7.46. The Morgan fingerprint density at radius 2 is 1.68 bits per heavy atom. The van der Waals surface area contributed by atoms with Gasteiger partial charge in [0, 0.05) is 5.41 Å². The van der Waals surface area contributed by atoms with Crippen molar-refractivity contribution in [2.24, 2.45) is 58.2 Å². The summed E-state index contributed by atoms with van der Waals surface area (Å²) < 4.78 is 17.4. The zero-order valence-corrected chi connectivity index (χ0v) is 23.7. The van der Waals surface area contributed by atoms with E-state index in [1.165, 1.54) is 64.2 Å². The summed E-state index contributed by atoms with van der Waals surface area (Å²) >= 11 is 0. The molecule has 34 heavy (non-hydrogen) atoms. The second kappa shape index (κ2) is 10.1. The van der Waals surface area contributed by atoms with E-state index in [1.807, 2.05) is 0 Å². The average Bonchev–Trinajstić information content (AvgIpc) is 3.11. The highest BCUT2D eigenvalue weighted by atomic mass is 31.2. The lowest BCUT2D eigenvalue weighted by Gasteiger charge is -2.62. The molecule has 198 valence electrons. The van der Waals surface area contributed by atoms with Gasteiger partial charge in [-0.05, 0) is 111 Å². The Labute approximate surface area is 209 Å². The molecule has 0 saturated heterocycles. The molecule has 2 unspecified atom stereocenters. The molecule has 0 radical (unpaired) electrons. The lowest BCUT2D eigenvalue weighted by atomic mass is 9.44. The molecule has 5 heteroatoms. The minimum atomic E-state index is -4.47. The van der Waals surface area contributed by atoms with E-state index in [0.717, 1.165) is 42.4 Å². The Hall–Kier alpha value is 0.110. The van der Waals surface area contributed by atoms with Gasteiger partial charge in [-0.25, -0.2) is 4.57 Å². The molecule has 0 aliphatic heterocycles. The minimum Gasteiger partial charge on any atom is -0.303 e. The summed E-state index contributed by atoms with van der Waals surface area (Å²) in [6.45, 7) is 14.6. The number of rotatable bonds is 8. The number of hydrogen-bond acceptors (Lipinski definition) is 2. The molecule has 0 bridgehead atoms. The van der Waals surface area contributed by atoms with Gasteiger partial charge in [0.05, 0.1) is 6.10 Å². The second-order valence-electron chi connectivity index (χ2n) is 13.7. The maximum Gasteiger partial charge on any atom is 0.469 e. The van der Waals surface area contributed by atoms with Crippen LogP contribution in [0.4, 0.5) is 0 Å². The monoisotopic (exact) mass is 496 g/mol. The lowest BCUT2D eigenvalue weighted by molar-refractivity contribution is -0.161. The van der Waals surface area contributed by atoms with E-state index in [2.05, 4.69) is 41.5 Å². The summed E-state index contributed by atoms with van der Waals surface area (Å²) in [5.74, 6) is 5.87. The molecule has 0 aromatic heterocycles. The fourth-order valence-electron chi connectivity index (χ4n) is 10.3. The first kappa shape index (κ1) is 27.2. The van der Waals surface area contributed by atoms with Crippen molar-refractivity contribution < 1.29 is 18.9 Å². The summed E-state index contributed by atoms with van der Waals surface area (Å²) in [6.07, 6.45) is 14.6. The van der Waals surface area contributed by atoms with E-state index < -0.39 is 7.82 Å². The summed E-state index contributed by atoms with van der Waals surface area (Å²) in [5, 5.41) is 0. The Kier molecular flexibility index (Phi) is 8.07. The first-order valence-electron chi connectivity index (χ1n) is 14.7. The predicted molar refractivity (Wildman–Crippen MR) is 139 cm³/mol. The van der Waals surface area contributed by atoms with Crippen LogP contribution in [-0.4, -0.2) is 15.9 Å². The van der Waals surface area contributed by atoms with E-state index in [0.29, 0.717) is 23.2 Å². The van der Waals surface area contributed by atoms with Gasteiger partial charge in [-0.3, -0.25) is 4.52 Å². The highest BCUT2D eigenvalue weighted by Gasteiger charge is 2.62. The number of phosphoric acid groups is 1. The van der Waals surface area contributed by atoms with Crippen molar-refractivity contribution in [1.29, 1.82) is 0 Å². The van der Waals surface area contributed by atoms with E-state index in [1.54, 1.807) is 0 Å². The van der Waals surface area contributed by atoms with Gasteiger partial charge < -0.3 is 9.79 Å². The van der Waals surface area contributed by atoms with Crippen molar-refractivity contribution in [1.82, 2.24) is 0 Å². The van der Waals surface area contributed by atoms with Gasteiger partial charge >= 0.3 is 7.82 Å². The summed E-state index contributed by atoms with van der Waals surface area (Å²) in [5.41, 5.74) is 0.358. The number of phosphoric ester groups is 1. The van der Waals surface area contributed by atoms with Crippen LogP contribution in [-0.2, 0) is 9.09 Å². The number of fused-ring (bicyclic) bond motifs is 5. The molecule has 4 aliphatic rings. The van der Waals surface area contributed by atoms with Crippen LogP contribution < -0.4 is 0 Å². The first-order valence-corrected chi connectivity index (χ1v) is 16.2. The summed E-state index contributed by atoms with van der Waals surface area (Å²) in [7, 11) is -4.47. The Morgan fingerprint density at radius 3 is 2.32 bits per heavy atom. The lowest BCUT2D eigenvalue weighted by Crippen LogP contribution is -2.58. The van der Waals surface area contributed by atoms with Crippen LogP contribution >= 0.6 is 7.82 Å². The normalized spacial score (nSPS) is 44.3. The molecule has 4 rings (SSSR count). The van der Waals surface area contributed by atoms with Gasteiger partial charge in [0.25, 0.3) is 0 Å². The van der Waals surface area contributed by atoms with Gasteiger partial charge in [0.2, 0.25) is 0 Å². The smallest absolute Gasteiger partial charge is 0.303 e. The van der Waals surface area contributed by atoms with Crippen LogP contribution in [0.1, 0.15) is 119 Å². The molecular weight excluding hydrogens is 443 g/mol. The van der Waals surface area contributed by atoms with Crippen molar-refractivity contribution in [3.05, 3.63) is 0 Å². The van der Waals surface area contributed by atoms with E-state index in [9.17, 15) is 14.4 Å². The third-order valence-electron chi connectivity index (χ3n) is 12.2. The quantitative estimate of drug-likeness (QED) is 0.332. The molecule has 0 heterocycles. The molecule has 4 fully saturated rings. The van der Waals surface area contributed by atoms with Gasteiger partial charge in [-0.1, -0.05) is 60.8 Å². The zero-order valence-electron chi connectivity index (χ0n) is 22.8. The molecule has 4 nitrogen and oxygen atoms in total. The van der Waals surface area contributed by atoms with Crippen LogP contribution in [0.5, 0.6) is 0 Å². The van der Waals surface area contributed by atoms with Gasteiger partial charge in [0.1, 0.15) is 0 Å². The van der Waals surface area contributed by atoms with Crippen molar-refractivity contribution in [2.75, 3.05) is 0 Å². The largest absolute Gasteiger partial charge is 0.469 e. The molecule has 10 atom stereocenters. The number of hydrogen-bond donors (Lipinski definition) is 2. The first-order chi connectivity index (χ1) is 15.9. The van der Waals surface area contributed by atoms with E-state index in [4.69, 9.17) is 4.52 Å². The fourth-order valence-corrected chi connectivity index (χ4v) is 10.9. The Bertz CT molecular complexity index is 748. The van der Waals surface area contributed by atoms with Gasteiger partial charge in [0.15, 0.2) is 0 Å². The van der Waals surface area contributed by atoms with Gasteiger partial charge in [-0.2, -0.15) is 0 Å². The van der Waals surface area contributed by atoms with Crippen molar-refractivity contribution in [2.45, 2.75) is 125 Å². The van der Waals surface area contributed by atoms with Crippen molar-refractivity contribution in [3.63, 3.8) is 0 Å². The molecule has 0 amide bonds. The van der Waals surface area contributed by atoms with Crippen LogP contribution in [0.15, 0.2) is 0 Å². The molecule has 0 aromatic rings. The third-order valence-corrected chi connectivity index (χ3v) is 12.7. The molecule has 4 saturated carbocycles. The third kappa shape index (κ3) is 4.84. The highest BCUT2D eigenvalue weighted by Crippen LogP contribution is 2.69. The standard InChI is InChI=1S/C29H53O4P/c1-7-21(19(2)3)12-11-20(4)24-15-16-25-23-14-13-22-9-8-10-27(33-34(30,31)32)29(22,6)26(23)17-18-28(24,25)5/h19-27H,7-18H2,1-6H3,(H2,30,31,32)/t20-,21-,22?,23-,24-,25+,26+,27?,28-,29+/m1/s1.